The first kappa shape index (κ1) is 12.6. The van der Waals surface area contributed by atoms with E-state index in [4.69, 9.17) is 5.11 Å². The topological polar surface area (TPSA) is 97.5 Å². The molecular formula is C11H9NO5. The molecule has 0 saturated heterocycles. The number of nitro groups is 1. The number of hydrogen-bond donors (Lipinski definition) is 1. The van der Waals surface area contributed by atoms with Crippen LogP contribution in [0.25, 0.3) is 6.08 Å². The molecule has 17 heavy (non-hydrogen) atoms. The van der Waals surface area contributed by atoms with Crippen molar-refractivity contribution in [1.82, 2.24) is 0 Å². The highest BCUT2D eigenvalue weighted by Gasteiger charge is 2.12. The maximum atomic E-state index is 10.7. The van der Waals surface area contributed by atoms with Crippen molar-refractivity contribution in [3.05, 3.63) is 45.5 Å². The Balaban J connectivity index is 3.06. The molecule has 6 nitrogen and oxygen atoms in total. The fourth-order valence-electron chi connectivity index (χ4n) is 1.22. The van der Waals surface area contributed by atoms with Crippen molar-refractivity contribution in [2.24, 2.45) is 0 Å². The summed E-state index contributed by atoms with van der Waals surface area (Å²) in [6.45, 7) is 0. The average molecular weight is 235 g/mol. The average Bonchev–Trinajstić information content (AvgIpc) is 2.28. The normalized spacial score (nSPS) is 10.4. The van der Waals surface area contributed by atoms with Crippen LogP contribution in [-0.2, 0) is 4.79 Å². The molecule has 0 bridgehead atoms. The zero-order valence-corrected chi connectivity index (χ0v) is 8.70. The second-order valence-electron chi connectivity index (χ2n) is 3.19. The molecule has 0 saturated carbocycles. The van der Waals surface area contributed by atoms with Crippen LogP contribution in [0.3, 0.4) is 0 Å². The molecular weight excluding hydrogens is 226 g/mol. The molecule has 0 aliphatic carbocycles. The lowest BCUT2D eigenvalue weighted by molar-refractivity contribution is -0.385. The molecule has 0 radical (unpaired) electrons. The third kappa shape index (κ3) is 3.53. The number of carboxylic acids is 1. The van der Waals surface area contributed by atoms with E-state index in [1.165, 1.54) is 24.3 Å². The Labute approximate surface area is 96.3 Å². The van der Waals surface area contributed by atoms with Crippen LogP contribution in [0.5, 0.6) is 0 Å². The molecule has 1 rings (SSSR count). The number of benzene rings is 1. The van der Waals surface area contributed by atoms with Crippen molar-refractivity contribution in [2.45, 2.75) is 6.42 Å². The van der Waals surface area contributed by atoms with Gasteiger partial charge in [-0.3, -0.25) is 19.7 Å². The predicted molar refractivity (Wildman–Crippen MR) is 59.8 cm³/mol. The van der Waals surface area contributed by atoms with E-state index in [0.29, 0.717) is 6.29 Å². The molecule has 0 fully saturated rings. The Morgan fingerprint density at radius 1 is 1.47 bits per heavy atom. The van der Waals surface area contributed by atoms with Gasteiger partial charge in [-0.2, -0.15) is 0 Å². The van der Waals surface area contributed by atoms with Gasteiger partial charge in [0.15, 0.2) is 0 Å². The summed E-state index contributed by atoms with van der Waals surface area (Å²) >= 11 is 0. The highest BCUT2D eigenvalue weighted by atomic mass is 16.6. The summed E-state index contributed by atoms with van der Waals surface area (Å²) < 4.78 is 0. The van der Waals surface area contributed by atoms with Gasteiger partial charge in [-0.1, -0.05) is 18.2 Å². The molecule has 0 aromatic heterocycles. The summed E-state index contributed by atoms with van der Waals surface area (Å²) in [5, 5.41) is 19.1. The second kappa shape index (κ2) is 5.55. The zero-order valence-electron chi connectivity index (χ0n) is 8.70. The largest absolute Gasteiger partial charge is 0.481 e. The number of aliphatic carboxylic acids is 1. The van der Waals surface area contributed by atoms with E-state index in [1.807, 2.05) is 0 Å². The fraction of sp³-hybridized carbons (Fsp3) is 0.0909. The molecule has 0 spiro atoms. The van der Waals surface area contributed by atoms with Crippen LogP contribution in [0, 0.1) is 10.1 Å². The molecule has 0 atom stereocenters. The number of carboxylic acid groups (broad SMARTS) is 1. The van der Waals surface area contributed by atoms with Crippen molar-refractivity contribution in [3.63, 3.8) is 0 Å². The Hall–Kier alpha value is -2.50. The summed E-state index contributed by atoms with van der Waals surface area (Å²) in [6.07, 6.45) is 2.95. The fourth-order valence-corrected chi connectivity index (χ4v) is 1.22. The molecule has 0 aliphatic heterocycles. The summed E-state index contributed by atoms with van der Waals surface area (Å²) in [6, 6.07) is 3.98. The van der Waals surface area contributed by atoms with Gasteiger partial charge in [-0.15, -0.1) is 0 Å². The minimum atomic E-state index is -1.02. The standard InChI is InChI=1S/C11H9NO5/c13-7-8-4-5-9(2-1-3-11(14)15)10(6-8)12(16)17/h1-2,4-7H,3H2,(H,14,15). The first-order valence-corrected chi connectivity index (χ1v) is 4.66. The number of aldehydes is 1. The predicted octanol–water partition coefficient (Wildman–Crippen LogP) is 1.90. The van der Waals surface area contributed by atoms with Gasteiger partial charge < -0.3 is 5.11 Å². The Bertz CT molecular complexity index is 493. The lowest BCUT2D eigenvalue weighted by Gasteiger charge is -1.98. The summed E-state index contributed by atoms with van der Waals surface area (Å²) in [7, 11) is 0. The molecule has 1 aromatic rings. The molecule has 0 heterocycles. The van der Waals surface area contributed by atoms with Crippen LogP contribution in [-0.4, -0.2) is 22.3 Å². The number of hydrogen-bond acceptors (Lipinski definition) is 4. The Morgan fingerprint density at radius 2 is 2.18 bits per heavy atom. The van der Waals surface area contributed by atoms with E-state index in [9.17, 15) is 19.7 Å². The maximum Gasteiger partial charge on any atom is 0.307 e. The maximum absolute atomic E-state index is 10.7. The van der Waals surface area contributed by atoms with Crippen molar-refractivity contribution in [2.75, 3.05) is 0 Å². The summed E-state index contributed by atoms with van der Waals surface area (Å²) in [4.78, 5) is 30.9. The van der Waals surface area contributed by atoms with Crippen molar-refractivity contribution < 1.29 is 19.6 Å². The van der Waals surface area contributed by atoms with E-state index >= 15 is 0 Å². The van der Waals surface area contributed by atoms with Gasteiger partial charge in [-0.05, 0) is 6.07 Å². The molecule has 0 unspecified atom stereocenters. The van der Waals surface area contributed by atoms with Crippen LogP contribution in [0.4, 0.5) is 5.69 Å². The van der Waals surface area contributed by atoms with Gasteiger partial charge in [0, 0.05) is 11.6 Å². The van der Waals surface area contributed by atoms with E-state index in [2.05, 4.69) is 0 Å². The van der Waals surface area contributed by atoms with E-state index in [0.717, 1.165) is 6.07 Å². The van der Waals surface area contributed by atoms with Crippen molar-refractivity contribution >= 4 is 24.0 Å². The minimum absolute atomic E-state index is 0.201. The van der Waals surface area contributed by atoms with Gasteiger partial charge >= 0.3 is 5.97 Å². The van der Waals surface area contributed by atoms with E-state index < -0.39 is 10.9 Å². The molecule has 1 N–H and O–H groups in total. The lowest BCUT2D eigenvalue weighted by Crippen LogP contribution is -1.94. The molecule has 0 amide bonds. The van der Waals surface area contributed by atoms with Crippen LogP contribution in [0.2, 0.25) is 0 Å². The smallest absolute Gasteiger partial charge is 0.307 e. The minimum Gasteiger partial charge on any atom is -0.481 e. The number of nitrogens with zero attached hydrogens (tertiary/aromatic N) is 1. The molecule has 88 valence electrons. The van der Waals surface area contributed by atoms with Gasteiger partial charge in [0.05, 0.1) is 16.9 Å². The summed E-state index contributed by atoms with van der Waals surface area (Å²) in [5.74, 6) is -1.02. The van der Waals surface area contributed by atoms with Crippen LogP contribution in [0.1, 0.15) is 22.3 Å². The number of rotatable bonds is 5. The SMILES string of the molecule is O=Cc1ccc(C=CCC(=O)O)c([N+](=O)[O-])c1. The highest BCUT2D eigenvalue weighted by molar-refractivity contribution is 5.78. The first-order valence-electron chi connectivity index (χ1n) is 4.66. The molecule has 0 aliphatic rings. The van der Waals surface area contributed by atoms with Gasteiger partial charge in [-0.25, -0.2) is 0 Å². The third-order valence-corrected chi connectivity index (χ3v) is 1.98. The van der Waals surface area contributed by atoms with Crippen molar-refractivity contribution in [3.8, 4) is 0 Å². The van der Waals surface area contributed by atoms with Crippen molar-refractivity contribution in [1.29, 1.82) is 0 Å². The molecule has 1 aromatic carbocycles. The highest BCUT2D eigenvalue weighted by Crippen LogP contribution is 2.21. The van der Waals surface area contributed by atoms with Crippen LogP contribution >= 0.6 is 0 Å². The first-order chi connectivity index (χ1) is 8.04. The van der Waals surface area contributed by atoms with E-state index in [-0.39, 0.29) is 23.2 Å². The number of carbonyl (C=O) groups is 2. The Kier molecular flexibility index (Phi) is 4.10. The number of nitro benzene ring substituents is 1. The van der Waals surface area contributed by atoms with Gasteiger partial charge in [0.25, 0.3) is 5.69 Å². The number of carbonyl (C=O) groups excluding carboxylic acids is 1. The van der Waals surface area contributed by atoms with Gasteiger partial charge in [0.1, 0.15) is 6.29 Å². The Morgan fingerprint density at radius 3 is 2.71 bits per heavy atom. The summed E-state index contributed by atoms with van der Waals surface area (Å²) in [5.41, 5.74) is 0.241. The quantitative estimate of drug-likeness (QED) is 0.477. The van der Waals surface area contributed by atoms with Crippen LogP contribution < -0.4 is 0 Å². The third-order valence-electron chi connectivity index (χ3n) is 1.98. The lowest BCUT2D eigenvalue weighted by atomic mass is 10.1. The second-order valence-corrected chi connectivity index (χ2v) is 3.19. The van der Waals surface area contributed by atoms with Crippen LogP contribution in [0.15, 0.2) is 24.3 Å². The monoisotopic (exact) mass is 235 g/mol. The van der Waals surface area contributed by atoms with E-state index in [1.54, 1.807) is 0 Å². The molecule has 6 heteroatoms. The zero-order chi connectivity index (χ0) is 12.8. The van der Waals surface area contributed by atoms with Gasteiger partial charge in [0.2, 0.25) is 0 Å².